The van der Waals surface area contributed by atoms with Crippen molar-refractivity contribution in [2.75, 3.05) is 14.1 Å². The van der Waals surface area contributed by atoms with Crippen LogP contribution in [-0.4, -0.2) is 26.9 Å². The van der Waals surface area contributed by atoms with E-state index in [-0.39, 0.29) is 0 Å². The Hall–Kier alpha value is -0.0831. The van der Waals surface area contributed by atoms with E-state index in [1.165, 1.54) is 24.9 Å². The molecule has 0 N–H and O–H groups in total. The van der Waals surface area contributed by atoms with Crippen LogP contribution >= 0.6 is 0 Å². The molecule has 0 heterocycles. The minimum atomic E-state index is -1.12. The first-order valence-electron chi connectivity index (χ1n) is 5.39. The van der Waals surface area contributed by atoms with Gasteiger partial charge in [-0.1, -0.05) is 39.0 Å². The lowest BCUT2D eigenvalue weighted by molar-refractivity contribution is 0.608. The molecule has 0 aromatic heterocycles. The van der Waals surface area contributed by atoms with Crippen LogP contribution in [0.1, 0.15) is 26.7 Å². The average molecular weight is 199 g/mol. The molecule has 0 aromatic rings. The summed E-state index contributed by atoms with van der Waals surface area (Å²) in [5, 5.41) is 0. The first-order valence-corrected chi connectivity index (χ1v) is 8.25. The van der Waals surface area contributed by atoms with Crippen LogP contribution in [0.5, 0.6) is 0 Å². The molecule has 0 aliphatic carbocycles. The molecule has 1 atom stereocenters. The second kappa shape index (κ2) is 6.38. The molecule has 78 valence electrons. The van der Waals surface area contributed by atoms with Gasteiger partial charge in [-0.25, -0.2) is 0 Å². The average Bonchev–Trinajstić information content (AvgIpc) is 2.05. The van der Waals surface area contributed by atoms with Crippen LogP contribution in [0.2, 0.25) is 18.6 Å². The van der Waals surface area contributed by atoms with Crippen molar-refractivity contribution in [1.82, 2.24) is 4.57 Å². The SMILES string of the molecule is CCC=CC[Si](C)(CCC)N(C)C. The molecule has 0 aromatic carbocycles. The van der Waals surface area contributed by atoms with Crippen LogP contribution in [-0.2, 0) is 0 Å². The Balaban J connectivity index is 4.15. The van der Waals surface area contributed by atoms with Crippen LogP contribution in [0, 0.1) is 0 Å². The Labute approximate surface area is 84.9 Å². The summed E-state index contributed by atoms with van der Waals surface area (Å²) in [5.41, 5.74) is 0. The van der Waals surface area contributed by atoms with Crippen molar-refractivity contribution in [3.63, 3.8) is 0 Å². The van der Waals surface area contributed by atoms with Gasteiger partial charge in [0.2, 0.25) is 0 Å². The fraction of sp³-hybridized carbons (Fsp3) is 0.818. The maximum atomic E-state index is 2.48. The molecule has 0 aliphatic rings. The van der Waals surface area contributed by atoms with Crippen LogP contribution in [0.3, 0.4) is 0 Å². The molecule has 0 spiro atoms. The maximum absolute atomic E-state index is 2.48. The van der Waals surface area contributed by atoms with Gasteiger partial charge in [0.1, 0.15) is 8.24 Å². The van der Waals surface area contributed by atoms with E-state index in [1.807, 2.05) is 0 Å². The van der Waals surface area contributed by atoms with Crippen molar-refractivity contribution in [3.8, 4) is 0 Å². The van der Waals surface area contributed by atoms with Gasteiger partial charge in [-0.05, 0) is 32.6 Å². The van der Waals surface area contributed by atoms with E-state index in [0.717, 1.165) is 0 Å². The van der Waals surface area contributed by atoms with Crippen molar-refractivity contribution < 1.29 is 0 Å². The van der Waals surface area contributed by atoms with E-state index in [1.54, 1.807) is 0 Å². The molecule has 0 amide bonds. The van der Waals surface area contributed by atoms with Gasteiger partial charge in [-0.2, -0.15) is 0 Å². The second-order valence-electron chi connectivity index (χ2n) is 4.23. The molecule has 1 nitrogen and oxygen atoms in total. The van der Waals surface area contributed by atoms with Gasteiger partial charge in [-0.15, -0.1) is 0 Å². The lowest BCUT2D eigenvalue weighted by atomic mass is 10.4. The molecule has 1 unspecified atom stereocenters. The third-order valence-electron chi connectivity index (χ3n) is 2.83. The summed E-state index contributed by atoms with van der Waals surface area (Å²) in [5.74, 6) is 0. The summed E-state index contributed by atoms with van der Waals surface area (Å²) in [7, 11) is 3.36. The summed E-state index contributed by atoms with van der Waals surface area (Å²) < 4.78 is 2.48. The molecule has 0 bridgehead atoms. The maximum Gasteiger partial charge on any atom is 0.128 e. The third kappa shape index (κ3) is 4.63. The van der Waals surface area contributed by atoms with Gasteiger partial charge in [-0.3, -0.25) is 0 Å². The van der Waals surface area contributed by atoms with E-state index in [4.69, 9.17) is 0 Å². The van der Waals surface area contributed by atoms with Crippen molar-refractivity contribution >= 4 is 8.24 Å². The highest BCUT2D eigenvalue weighted by Gasteiger charge is 2.27. The minimum absolute atomic E-state index is 1.12. The smallest absolute Gasteiger partial charge is 0.128 e. The Morgan fingerprint density at radius 2 is 1.77 bits per heavy atom. The molecule has 0 radical (unpaired) electrons. The van der Waals surface area contributed by atoms with Crippen molar-refractivity contribution in [3.05, 3.63) is 12.2 Å². The van der Waals surface area contributed by atoms with Crippen LogP contribution in [0.25, 0.3) is 0 Å². The number of hydrogen-bond donors (Lipinski definition) is 0. The van der Waals surface area contributed by atoms with Crippen molar-refractivity contribution in [1.29, 1.82) is 0 Å². The van der Waals surface area contributed by atoms with Gasteiger partial charge in [0, 0.05) is 0 Å². The van der Waals surface area contributed by atoms with E-state index in [9.17, 15) is 0 Å². The first-order chi connectivity index (χ1) is 6.06. The van der Waals surface area contributed by atoms with Crippen LogP contribution in [0.4, 0.5) is 0 Å². The summed E-state index contributed by atoms with van der Waals surface area (Å²) in [4.78, 5) is 0. The second-order valence-corrected chi connectivity index (χ2v) is 9.02. The Morgan fingerprint density at radius 3 is 2.15 bits per heavy atom. The molecule has 0 saturated heterocycles. The minimum Gasteiger partial charge on any atom is -0.329 e. The number of allylic oxidation sites excluding steroid dienone is 2. The predicted octanol–water partition coefficient (Wildman–Crippen LogP) is 3.50. The van der Waals surface area contributed by atoms with E-state index in [2.05, 4.69) is 51.2 Å². The highest BCUT2D eigenvalue weighted by Crippen LogP contribution is 2.20. The molecule has 0 saturated carbocycles. The topological polar surface area (TPSA) is 3.24 Å². The molecule has 0 rings (SSSR count). The summed E-state index contributed by atoms with van der Waals surface area (Å²) in [6.45, 7) is 6.97. The van der Waals surface area contributed by atoms with Crippen molar-refractivity contribution in [2.45, 2.75) is 45.3 Å². The fourth-order valence-corrected chi connectivity index (χ4v) is 4.32. The van der Waals surface area contributed by atoms with E-state index >= 15 is 0 Å². The summed E-state index contributed by atoms with van der Waals surface area (Å²) >= 11 is 0. The monoisotopic (exact) mass is 199 g/mol. The highest BCUT2D eigenvalue weighted by atomic mass is 28.3. The Kier molecular flexibility index (Phi) is 6.34. The number of nitrogens with zero attached hydrogens (tertiary/aromatic N) is 1. The fourth-order valence-electron chi connectivity index (χ4n) is 1.55. The third-order valence-corrected chi connectivity index (χ3v) is 7.68. The highest BCUT2D eigenvalue weighted by molar-refractivity contribution is 6.76. The number of rotatable bonds is 6. The standard InChI is InChI=1S/C11H25NSi/c1-6-8-9-11-13(5,10-7-2)12(3)4/h8-9H,6-7,10-11H2,1-5H3. The summed E-state index contributed by atoms with van der Waals surface area (Å²) in [6, 6.07) is 2.72. The van der Waals surface area contributed by atoms with Gasteiger partial charge < -0.3 is 4.57 Å². The molecular formula is C11H25NSi. The summed E-state index contributed by atoms with van der Waals surface area (Å²) in [6.07, 6.45) is 7.16. The van der Waals surface area contributed by atoms with Crippen molar-refractivity contribution in [2.24, 2.45) is 0 Å². The lowest BCUT2D eigenvalue weighted by Gasteiger charge is -2.33. The zero-order chi connectivity index (χ0) is 10.3. The molecular weight excluding hydrogens is 174 g/mol. The van der Waals surface area contributed by atoms with Crippen LogP contribution in [0.15, 0.2) is 12.2 Å². The van der Waals surface area contributed by atoms with E-state index in [0.29, 0.717) is 0 Å². The van der Waals surface area contributed by atoms with Gasteiger partial charge in [0.05, 0.1) is 0 Å². The zero-order valence-electron chi connectivity index (χ0n) is 9.93. The normalized spacial score (nSPS) is 16.8. The van der Waals surface area contributed by atoms with Gasteiger partial charge in [0.25, 0.3) is 0 Å². The Bertz CT molecular complexity index is 154. The quantitative estimate of drug-likeness (QED) is 0.467. The molecule has 0 aliphatic heterocycles. The Morgan fingerprint density at radius 1 is 1.15 bits per heavy atom. The molecule has 2 heteroatoms. The predicted molar refractivity (Wildman–Crippen MR) is 64.6 cm³/mol. The van der Waals surface area contributed by atoms with Crippen LogP contribution < -0.4 is 0 Å². The number of hydrogen-bond acceptors (Lipinski definition) is 1. The van der Waals surface area contributed by atoms with Gasteiger partial charge >= 0.3 is 0 Å². The van der Waals surface area contributed by atoms with Gasteiger partial charge in [0.15, 0.2) is 0 Å². The molecule has 13 heavy (non-hydrogen) atoms. The van der Waals surface area contributed by atoms with E-state index < -0.39 is 8.24 Å². The first kappa shape index (κ1) is 12.9. The lowest BCUT2D eigenvalue weighted by Crippen LogP contribution is -2.45. The largest absolute Gasteiger partial charge is 0.329 e. The zero-order valence-corrected chi connectivity index (χ0v) is 10.9. The molecule has 0 fully saturated rings.